The van der Waals surface area contributed by atoms with Crippen LogP contribution >= 0.6 is 31.9 Å². The molecule has 1 fully saturated rings. The molecule has 0 spiro atoms. The molecular formula is C28H25Br2N3O2. The molecule has 178 valence electrons. The number of carbonyl (C=O) groups excluding carboxylic acids is 1. The lowest BCUT2D eigenvalue weighted by Crippen LogP contribution is -2.48. The maximum atomic E-state index is 13.8. The van der Waals surface area contributed by atoms with Gasteiger partial charge in [-0.25, -0.2) is 4.98 Å². The van der Waals surface area contributed by atoms with E-state index in [4.69, 9.17) is 9.72 Å². The summed E-state index contributed by atoms with van der Waals surface area (Å²) in [6.45, 7) is 3.93. The Morgan fingerprint density at radius 2 is 1.69 bits per heavy atom. The number of benzene rings is 3. The quantitative estimate of drug-likeness (QED) is 0.268. The fourth-order valence-electron chi connectivity index (χ4n) is 4.54. The van der Waals surface area contributed by atoms with Crippen molar-refractivity contribution >= 4 is 48.7 Å². The van der Waals surface area contributed by atoms with Gasteiger partial charge in [0.2, 0.25) is 0 Å². The van der Waals surface area contributed by atoms with Gasteiger partial charge in [-0.1, -0.05) is 56.1 Å². The van der Waals surface area contributed by atoms with Crippen LogP contribution in [0.1, 0.15) is 15.9 Å². The molecule has 35 heavy (non-hydrogen) atoms. The minimum Gasteiger partial charge on any atom is -0.496 e. The van der Waals surface area contributed by atoms with Crippen molar-refractivity contribution in [2.24, 2.45) is 0 Å². The molecule has 1 aliphatic rings. The van der Waals surface area contributed by atoms with Gasteiger partial charge in [0, 0.05) is 52.6 Å². The van der Waals surface area contributed by atoms with Gasteiger partial charge in [-0.15, -0.1) is 0 Å². The average Bonchev–Trinajstić information content (AvgIpc) is 2.88. The van der Waals surface area contributed by atoms with Crippen LogP contribution in [0.15, 0.2) is 81.7 Å². The lowest BCUT2D eigenvalue weighted by molar-refractivity contribution is 0.0630. The molecule has 0 unspecified atom stereocenters. The molecule has 5 nitrogen and oxygen atoms in total. The second-order valence-electron chi connectivity index (χ2n) is 8.62. The van der Waals surface area contributed by atoms with Crippen molar-refractivity contribution < 1.29 is 9.53 Å². The van der Waals surface area contributed by atoms with E-state index in [9.17, 15) is 4.79 Å². The number of carbonyl (C=O) groups is 1. The molecule has 0 atom stereocenters. The number of hydrogen-bond donors (Lipinski definition) is 0. The highest BCUT2D eigenvalue weighted by atomic mass is 79.9. The number of para-hydroxylation sites is 1. The Labute approximate surface area is 222 Å². The molecule has 0 N–H and O–H groups in total. The third-order valence-electron chi connectivity index (χ3n) is 6.34. The van der Waals surface area contributed by atoms with Gasteiger partial charge in [0.05, 0.1) is 23.9 Å². The van der Waals surface area contributed by atoms with E-state index in [-0.39, 0.29) is 5.91 Å². The maximum absolute atomic E-state index is 13.8. The summed E-state index contributed by atoms with van der Waals surface area (Å²) in [5.41, 5.74) is 4.32. The van der Waals surface area contributed by atoms with Gasteiger partial charge in [-0.2, -0.15) is 0 Å². The molecule has 1 amide bonds. The van der Waals surface area contributed by atoms with Crippen molar-refractivity contribution in [3.05, 3.63) is 92.9 Å². The zero-order chi connectivity index (χ0) is 24.4. The Bertz CT molecular complexity index is 1380. The van der Waals surface area contributed by atoms with E-state index < -0.39 is 0 Å². The minimum absolute atomic E-state index is 0.0359. The zero-order valence-electron chi connectivity index (χ0n) is 19.4. The Morgan fingerprint density at radius 1 is 0.914 bits per heavy atom. The number of amides is 1. The highest BCUT2D eigenvalue weighted by Crippen LogP contribution is 2.33. The summed E-state index contributed by atoms with van der Waals surface area (Å²) in [7, 11) is 1.65. The second kappa shape index (κ2) is 10.5. The summed E-state index contributed by atoms with van der Waals surface area (Å²) in [6.07, 6.45) is 0. The van der Waals surface area contributed by atoms with E-state index in [1.807, 2.05) is 59.5 Å². The lowest BCUT2D eigenvalue weighted by atomic mass is 10.0. The fourth-order valence-corrected chi connectivity index (χ4v) is 5.35. The largest absolute Gasteiger partial charge is 0.496 e. The van der Waals surface area contributed by atoms with Crippen molar-refractivity contribution in [2.75, 3.05) is 33.3 Å². The Morgan fingerprint density at radius 3 is 2.46 bits per heavy atom. The van der Waals surface area contributed by atoms with Gasteiger partial charge in [-0.3, -0.25) is 9.69 Å². The number of halogens is 2. The molecule has 0 saturated carbocycles. The molecule has 1 aliphatic heterocycles. The number of hydrogen-bond acceptors (Lipinski definition) is 4. The summed E-state index contributed by atoms with van der Waals surface area (Å²) in [6, 6.07) is 23.9. The smallest absolute Gasteiger partial charge is 0.254 e. The van der Waals surface area contributed by atoms with Crippen molar-refractivity contribution in [3.8, 4) is 17.0 Å². The Hall–Kier alpha value is -2.74. The summed E-state index contributed by atoms with van der Waals surface area (Å²) in [5, 5.41) is 0.847. The van der Waals surface area contributed by atoms with Crippen molar-refractivity contribution in [2.45, 2.75) is 6.54 Å². The predicted octanol–water partition coefficient (Wildman–Crippen LogP) is 6.39. The Kier molecular flexibility index (Phi) is 7.18. The number of pyridine rings is 1. The van der Waals surface area contributed by atoms with E-state index in [1.165, 1.54) is 5.56 Å². The highest BCUT2D eigenvalue weighted by molar-refractivity contribution is 9.10. The number of nitrogens with zero attached hydrogens (tertiary/aromatic N) is 3. The summed E-state index contributed by atoms with van der Waals surface area (Å²) < 4.78 is 7.57. The molecule has 5 rings (SSSR count). The standard InChI is InChI=1S/C28H25Br2N3O2/c1-35-27-8-3-2-7-22(27)26-17-24(23-16-21(30)9-10-25(23)31-26)28(34)33-13-11-32(12-14-33)18-19-5-4-6-20(29)15-19/h2-10,15-17H,11-14,18H2,1H3. The van der Waals surface area contributed by atoms with Gasteiger partial charge in [-0.05, 0) is 54.1 Å². The van der Waals surface area contributed by atoms with E-state index in [2.05, 4.69) is 55.0 Å². The topological polar surface area (TPSA) is 45.7 Å². The first-order valence-corrected chi connectivity index (χ1v) is 13.1. The summed E-state index contributed by atoms with van der Waals surface area (Å²) in [4.78, 5) is 23.0. The van der Waals surface area contributed by atoms with Crippen molar-refractivity contribution in [1.29, 1.82) is 0 Å². The summed E-state index contributed by atoms with van der Waals surface area (Å²) in [5.74, 6) is 0.768. The van der Waals surface area contributed by atoms with Crippen LogP contribution in [0.3, 0.4) is 0 Å². The molecule has 4 aromatic rings. The first-order valence-electron chi connectivity index (χ1n) is 11.5. The molecule has 0 bridgehead atoms. The van der Waals surface area contributed by atoms with Crippen LogP contribution in [0.2, 0.25) is 0 Å². The van der Waals surface area contributed by atoms with Crippen molar-refractivity contribution in [3.63, 3.8) is 0 Å². The van der Waals surface area contributed by atoms with Gasteiger partial charge in [0.15, 0.2) is 0 Å². The number of rotatable bonds is 5. The van der Waals surface area contributed by atoms with Crippen LogP contribution in [0, 0.1) is 0 Å². The normalized spacial score (nSPS) is 14.3. The Balaban J connectivity index is 1.42. The molecule has 3 aromatic carbocycles. The predicted molar refractivity (Wildman–Crippen MR) is 147 cm³/mol. The van der Waals surface area contributed by atoms with E-state index in [0.29, 0.717) is 18.7 Å². The average molecular weight is 595 g/mol. The van der Waals surface area contributed by atoms with Crippen LogP contribution in [-0.4, -0.2) is 54.0 Å². The van der Waals surface area contributed by atoms with Crippen molar-refractivity contribution in [1.82, 2.24) is 14.8 Å². The molecule has 0 radical (unpaired) electrons. The van der Waals surface area contributed by atoms with E-state index in [0.717, 1.165) is 56.5 Å². The van der Waals surface area contributed by atoms with Gasteiger partial charge in [0.1, 0.15) is 5.75 Å². The van der Waals surface area contributed by atoms with Crippen LogP contribution in [-0.2, 0) is 6.54 Å². The first kappa shape index (κ1) is 24.0. The minimum atomic E-state index is 0.0359. The van der Waals surface area contributed by atoms with Crippen LogP contribution in [0.25, 0.3) is 22.2 Å². The van der Waals surface area contributed by atoms with Gasteiger partial charge < -0.3 is 9.64 Å². The number of piperazine rings is 1. The number of fused-ring (bicyclic) bond motifs is 1. The summed E-state index contributed by atoms with van der Waals surface area (Å²) >= 11 is 7.11. The first-order chi connectivity index (χ1) is 17.0. The zero-order valence-corrected chi connectivity index (χ0v) is 22.5. The molecule has 0 aliphatic carbocycles. The van der Waals surface area contributed by atoms with Crippen LogP contribution < -0.4 is 4.74 Å². The molecule has 2 heterocycles. The molecular weight excluding hydrogens is 570 g/mol. The van der Waals surface area contributed by atoms with E-state index >= 15 is 0 Å². The third kappa shape index (κ3) is 5.27. The number of ether oxygens (including phenoxy) is 1. The SMILES string of the molecule is COc1ccccc1-c1cc(C(=O)N2CCN(Cc3cccc(Br)c3)CC2)c2cc(Br)ccc2n1. The van der Waals surface area contributed by atoms with E-state index in [1.54, 1.807) is 7.11 Å². The third-order valence-corrected chi connectivity index (χ3v) is 7.33. The second-order valence-corrected chi connectivity index (χ2v) is 10.4. The van der Waals surface area contributed by atoms with Crippen LogP contribution in [0.5, 0.6) is 5.75 Å². The van der Waals surface area contributed by atoms with Crippen LogP contribution in [0.4, 0.5) is 0 Å². The van der Waals surface area contributed by atoms with Gasteiger partial charge >= 0.3 is 0 Å². The van der Waals surface area contributed by atoms with Gasteiger partial charge in [0.25, 0.3) is 5.91 Å². The number of methoxy groups -OCH3 is 1. The number of aromatic nitrogens is 1. The molecule has 1 saturated heterocycles. The lowest BCUT2D eigenvalue weighted by Gasteiger charge is -2.35. The maximum Gasteiger partial charge on any atom is 0.254 e. The fraction of sp³-hybridized carbons (Fsp3) is 0.214. The highest BCUT2D eigenvalue weighted by Gasteiger charge is 2.25. The monoisotopic (exact) mass is 593 g/mol. The molecule has 1 aromatic heterocycles. The molecule has 7 heteroatoms.